The summed E-state index contributed by atoms with van der Waals surface area (Å²) in [5.74, 6) is 0.252. The lowest BCUT2D eigenvalue weighted by atomic mass is 9.81. The van der Waals surface area contributed by atoms with Crippen LogP contribution in [0, 0.1) is 25.7 Å². The molecular formula is C30H34N2O4S. The van der Waals surface area contributed by atoms with Gasteiger partial charge in [0.1, 0.15) is 0 Å². The minimum Gasteiger partial charge on any atom is -0.378 e. The summed E-state index contributed by atoms with van der Waals surface area (Å²) in [5, 5.41) is 3.64. The van der Waals surface area contributed by atoms with Crippen molar-refractivity contribution in [3.05, 3.63) is 88.5 Å². The molecule has 0 bridgehead atoms. The monoisotopic (exact) mass is 518 g/mol. The smallest absolute Gasteiger partial charge is 0.264 e. The first-order valence-corrected chi connectivity index (χ1v) is 14.2. The molecule has 1 fully saturated rings. The molecular weight excluding hydrogens is 484 g/mol. The number of Topliss-reactive ketones (excluding diaryl/α,β-unsaturated/α-hetero) is 1. The Hall–Kier alpha value is -3.16. The van der Waals surface area contributed by atoms with Crippen molar-refractivity contribution >= 4 is 27.2 Å². The van der Waals surface area contributed by atoms with Crippen molar-refractivity contribution in [2.75, 3.05) is 23.3 Å². The van der Waals surface area contributed by atoms with E-state index in [9.17, 15) is 13.2 Å². The van der Waals surface area contributed by atoms with E-state index in [0.717, 1.165) is 39.9 Å². The van der Waals surface area contributed by atoms with Gasteiger partial charge in [-0.15, -0.1) is 0 Å². The number of ketones is 1. The summed E-state index contributed by atoms with van der Waals surface area (Å²) < 4.78 is 34.6. The minimum absolute atomic E-state index is 0.0175. The van der Waals surface area contributed by atoms with Crippen LogP contribution in [0.4, 0.5) is 11.4 Å². The lowest BCUT2D eigenvalue weighted by molar-refractivity contribution is 0.0827. The number of rotatable bonds is 6. The molecule has 0 aromatic heterocycles. The zero-order chi connectivity index (χ0) is 26.5. The molecule has 2 aliphatic heterocycles. The van der Waals surface area contributed by atoms with Gasteiger partial charge in [0.2, 0.25) is 0 Å². The van der Waals surface area contributed by atoms with Crippen LogP contribution < -0.4 is 9.62 Å². The summed E-state index contributed by atoms with van der Waals surface area (Å²) in [6.45, 7) is 8.42. The lowest BCUT2D eigenvalue weighted by Gasteiger charge is -2.37. The zero-order valence-corrected chi connectivity index (χ0v) is 22.8. The van der Waals surface area contributed by atoms with E-state index in [1.165, 1.54) is 4.31 Å². The van der Waals surface area contributed by atoms with Gasteiger partial charge in [0.05, 0.1) is 22.7 Å². The standard InChI is InChI=1S/C30H34N2O4S/c1-18(2)29(33)22-9-7-21(8-10-22)28-25-14-15-36-30(25)26-17-24(12-13-27(26)31-28)37(34,35)32(5)23-11-6-19(3)20(4)16-23/h6-13,16-18,25,28,30-31H,14-15H2,1-5H3/t25-,28-,30-/m0/s1. The van der Waals surface area contributed by atoms with Crippen molar-refractivity contribution in [1.82, 2.24) is 0 Å². The summed E-state index contributed by atoms with van der Waals surface area (Å²) in [6, 6.07) is 18.8. The zero-order valence-electron chi connectivity index (χ0n) is 22.0. The van der Waals surface area contributed by atoms with E-state index in [1.807, 2.05) is 76.2 Å². The van der Waals surface area contributed by atoms with Crippen molar-refractivity contribution in [2.24, 2.45) is 11.8 Å². The number of hydrogen-bond donors (Lipinski definition) is 1. The first-order chi connectivity index (χ1) is 17.6. The Bertz CT molecular complexity index is 1450. The van der Waals surface area contributed by atoms with Gasteiger partial charge in [0, 0.05) is 42.3 Å². The van der Waals surface area contributed by atoms with E-state index in [4.69, 9.17) is 4.74 Å². The number of hydrogen-bond acceptors (Lipinski definition) is 5. The minimum atomic E-state index is -3.75. The molecule has 3 atom stereocenters. The summed E-state index contributed by atoms with van der Waals surface area (Å²) in [6.07, 6.45) is 0.675. The third kappa shape index (κ3) is 4.55. The Morgan fingerprint density at radius 2 is 1.73 bits per heavy atom. The Morgan fingerprint density at radius 1 is 1.00 bits per heavy atom. The maximum atomic E-state index is 13.6. The second kappa shape index (κ2) is 9.62. The predicted octanol–water partition coefficient (Wildman–Crippen LogP) is 6.21. The molecule has 194 valence electrons. The number of nitrogens with one attached hydrogen (secondary N) is 1. The van der Waals surface area contributed by atoms with Crippen LogP contribution in [0.3, 0.4) is 0 Å². The fourth-order valence-electron chi connectivity index (χ4n) is 5.35. The number of ether oxygens (including phenoxy) is 1. The Morgan fingerprint density at radius 3 is 2.41 bits per heavy atom. The highest BCUT2D eigenvalue weighted by Gasteiger charge is 2.42. The molecule has 0 saturated carbocycles. The maximum absolute atomic E-state index is 13.6. The van der Waals surface area contributed by atoms with Gasteiger partial charge in [0.15, 0.2) is 5.78 Å². The van der Waals surface area contributed by atoms with Crippen LogP contribution in [0.1, 0.15) is 65.0 Å². The van der Waals surface area contributed by atoms with E-state index in [0.29, 0.717) is 12.3 Å². The first-order valence-electron chi connectivity index (χ1n) is 12.8. The third-order valence-electron chi connectivity index (χ3n) is 7.80. The molecule has 7 heteroatoms. The Kier molecular flexibility index (Phi) is 6.62. The number of anilines is 2. The van der Waals surface area contributed by atoms with Gasteiger partial charge >= 0.3 is 0 Å². The topological polar surface area (TPSA) is 75.7 Å². The number of benzene rings is 3. The summed E-state index contributed by atoms with van der Waals surface area (Å²) in [5.41, 5.74) is 6.37. The summed E-state index contributed by atoms with van der Waals surface area (Å²) in [7, 11) is -2.16. The number of carbonyl (C=O) groups excluding carboxylic acids is 1. The van der Waals surface area contributed by atoms with Crippen LogP contribution in [0.5, 0.6) is 0 Å². The second-order valence-corrected chi connectivity index (χ2v) is 12.5. The SMILES string of the molecule is Cc1ccc(N(C)S(=O)(=O)c2ccc3c(c2)[C@H]2OCC[C@H]2[C@H](c2ccc(C(=O)C(C)C)cc2)N3)cc1C. The van der Waals surface area contributed by atoms with E-state index in [2.05, 4.69) is 5.32 Å². The number of carbonyl (C=O) groups is 1. The normalized spacial score (nSPS) is 20.8. The van der Waals surface area contributed by atoms with Gasteiger partial charge in [-0.25, -0.2) is 8.42 Å². The summed E-state index contributed by atoms with van der Waals surface area (Å²) in [4.78, 5) is 12.6. The number of sulfonamides is 1. The van der Waals surface area contributed by atoms with Crippen LogP contribution in [0.15, 0.2) is 65.6 Å². The van der Waals surface area contributed by atoms with Crippen molar-refractivity contribution in [2.45, 2.75) is 51.2 Å². The number of aryl methyl sites for hydroxylation is 2. The summed E-state index contributed by atoms with van der Waals surface area (Å²) >= 11 is 0. The molecule has 0 radical (unpaired) electrons. The average Bonchev–Trinajstić information content (AvgIpc) is 3.39. The fraction of sp³-hybridized carbons (Fsp3) is 0.367. The first kappa shape index (κ1) is 25.5. The van der Waals surface area contributed by atoms with E-state index >= 15 is 0 Å². The molecule has 1 N–H and O–H groups in total. The molecule has 0 amide bonds. The van der Waals surface area contributed by atoms with Crippen LogP contribution >= 0.6 is 0 Å². The maximum Gasteiger partial charge on any atom is 0.264 e. The lowest BCUT2D eigenvalue weighted by Crippen LogP contribution is -2.30. The number of nitrogens with zero attached hydrogens (tertiary/aromatic N) is 1. The molecule has 0 spiro atoms. The fourth-order valence-corrected chi connectivity index (χ4v) is 6.57. The van der Waals surface area contributed by atoms with Gasteiger partial charge in [0.25, 0.3) is 10.0 Å². The second-order valence-electron chi connectivity index (χ2n) is 10.5. The highest BCUT2D eigenvalue weighted by Crippen LogP contribution is 2.50. The van der Waals surface area contributed by atoms with Gasteiger partial charge in [-0.05, 0) is 67.3 Å². The molecule has 1 saturated heterocycles. The van der Waals surface area contributed by atoms with Crippen molar-refractivity contribution < 1.29 is 17.9 Å². The van der Waals surface area contributed by atoms with E-state index < -0.39 is 10.0 Å². The Balaban J connectivity index is 1.46. The largest absolute Gasteiger partial charge is 0.378 e. The van der Waals surface area contributed by atoms with Gasteiger partial charge in [-0.1, -0.05) is 44.2 Å². The average molecular weight is 519 g/mol. The molecule has 2 aliphatic rings. The van der Waals surface area contributed by atoms with E-state index in [-0.39, 0.29) is 34.7 Å². The highest BCUT2D eigenvalue weighted by atomic mass is 32.2. The van der Waals surface area contributed by atoms with Gasteiger partial charge in [-0.3, -0.25) is 9.10 Å². The van der Waals surface area contributed by atoms with Crippen LogP contribution in [-0.2, 0) is 14.8 Å². The molecule has 5 rings (SSSR count). The molecule has 3 aromatic rings. The quantitative estimate of drug-likeness (QED) is 0.393. The van der Waals surface area contributed by atoms with Crippen LogP contribution in [-0.4, -0.2) is 27.9 Å². The van der Waals surface area contributed by atoms with Gasteiger partial charge in [-0.2, -0.15) is 0 Å². The molecule has 0 unspecified atom stereocenters. The predicted molar refractivity (Wildman–Crippen MR) is 147 cm³/mol. The number of fused-ring (bicyclic) bond motifs is 3. The molecule has 3 aromatic carbocycles. The molecule has 6 nitrogen and oxygen atoms in total. The third-order valence-corrected chi connectivity index (χ3v) is 9.58. The molecule has 2 heterocycles. The molecule has 0 aliphatic carbocycles. The van der Waals surface area contributed by atoms with Crippen molar-refractivity contribution in [3.8, 4) is 0 Å². The molecule has 37 heavy (non-hydrogen) atoms. The van der Waals surface area contributed by atoms with Gasteiger partial charge < -0.3 is 10.1 Å². The highest BCUT2D eigenvalue weighted by molar-refractivity contribution is 7.92. The van der Waals surface area contributed by atoms with Crippen LogP contribution in [0.25, 0.3) is 0 Å². The Labute approximate surface area is 219 Å². The van der Waals surface area contributed by atoms with Crippen molar-refractivity contribution in [3.63, 3.8) is 0 Å². The van der Waals surface area contributed by atoms with Crippen molar-refractivity contribution in [1.29, 1.82) is 0 Å². The van der Waals surface area contributed by atoms with E-state index in [1.54, 1.807) is 19.2 Å². The van der Waals surface area contributed by atoms with Crippen LogP contribution in [0.2, 0.25) is 0 Å².